The zero-order valence-corrected chi connectivity index (χ0v) is 21.4. The fraction of sp³-hybridized carbons (Fsp3) is 0.842. The van der Waals surface area contributed by atoms with Crippen LogP contribution in [0.5, 0.6) is 0 Å². The summed E-state index contributed by atoms with van der Waals surface area (Å²) in [5, 5.41) is 14.3. The van der Waals surface area contributed by atoms with Crippen LogP contribution in [-0.2, 0) is 6.42 Å². The fourth-order valence-corrected chi connectivity index (χ4v) is 5.84. The van der Waals surface area contributed by atoms with Gasteiger partial charge in [-0.25, -0.2) is 0 Å². The molecule has 1 aliphatic carbocycles. The van der Waals surface area contributed by atoms with Gasteiger partial charge < -0.3 is 14.8 Å². The number of hydrogen-bond donors (Lipinski definition) is 1. The van der Waals surface area contributed by atoms with E-state index < -0.39 is 0 Å². The summed E-state index contributed by atoms with van der Waals surface area (Å²) in [5.74, 6) is 3.40. The molecule has 0 spiro atoms. The second-order valence-corrected chi connectivity index (χ2v) is 9.52. The first-order valence-electron chi connectivity index (χ1n) is 10.3. The molecule has 1 saturated carbocycles. The first kappa shape index (κ1) is 24.1. The standard InChI is InChI=1S/C19H34N6S2.HI/c1-4-16-14-24(12-13-27-16)18(20-2)21-11-7-10-17-22-23-19(26-3)25(17)15-8-5-6-9-15;/h15-16H,4-14H2,1-3H3,(H,20,21);1H. The van der Waals surface area contributed by atoms with Gasteiger partial charge in [-0.3, -0.25) is 4.99 Å². The third-order valence-electron chi connectivity index (χ3n) is 5.57. The molecule has 0 aromatic carbocycles. The summed E-state index contributed by atoms with van der Waals surface area (Å²) in [6.45, 7) is 5.40. The van der Waals surface area contributed by atoms with E-state index in [1.807, 2.05) is 7.05 Å². The largest absolute Gasteiger partial charge is 0.356 e. The van der Waals surface area contributed by atoms with E-state index in [2.05, 4.69) is 54.9 Å². The number of nitrogens with zero attached hydrogens (tertiary/aromatic N) is 5. The van der Waals surface area contributed by atoms with Gasteiger partial charge in [0.1, 0.15) is 5.82 Å². The normalized spacial score (nSPS) is 21.0. The Morgan fingerprint density at radius 1 is 1.32 bits per heavy atom. The van der Waals surface area contributed by atoms with Crippen molar-refractivity contribution in [3.05, 3.63) is 5.82 Å². The maximum absolute atomic E-state index is 4.51. The molecular weight excluding hydrogens is 503 g/mol. The van der Waals surface area contributed by atoms with E-state index in [0.29, 0.717) is 6.04 Å². The van der Waals surface area contributed by atoms with Gasteiger partial charge in [0.05, 0.1) is 0 Å². The van der Waals surface area contributed by atoms with E-state index in [0.717, 1.165) is 54.7 Å². The maximum atomic E-state index is 4.51. The van der Waals surface area contributed by atoms with Crippen molar-refractivity contribution in [1.29, 1.82) is 0 Å². The highest BCUT2D eigenvalue weighted by Gasteiger charge is 2.24. The van der Waals surface area contributed by atoms with Crippen LogP contribution in [-0.4, -0.2) is 69.6 Å². The fourth-order valence-electron chi connectivity index (χ4n) is 4.08. The SMILES string of the molecule is CCC1CN(C(=NC)NCCCc2nnc(SC)n2C2CCCC2)CCS1.I. The van der Waals surface area contributed by atoms with Gasteiger partial charge in [-0.15, -0.1) is 34.2 Å². The summed E-state index contributed by atoms with van der Waals surface area (Å²) >= 11 is 3.81. The predicted molar refractivity (Wildman–Crippen MR) is 133 cm³/mol. The Bertz CT molecular complexity index is 618. The maximum Gasteiger partial charge on any atom is 0.193 e. The van der Waals surface area contributed by atoms with Crippen LogP contribution in [0.2, 0.25) is 0 Å². The lowest BCUT2D eigenvalue weighted by Gasteiger charge is -2.34. The van der Waals surface area contributed by atoms with E-state index in [-0.39, 0.29) is 24.0 Å². The Morgan fingerprint density at radius 3 is 2.79 bits per heavy atom. The second kappa shape index (κ2) is 12.5. The molecule has 6 nitrogen and oxygen atoms in total. The molecule has 0 amide bonds. The average Bonchev–Trinajstić information content (AvgIpc) is 3.37. The average molecular weight is 539 g/mol. The first-order valence-corrected chi connectivity index (χ1v) is 12.6. The third kappa shape index (κ3) is 6.17. The Morgan fingerprint density at radius 2 is 2.11 bits per heavy atom. The Kier molecular flexibility index (Phi) is 10.8. The van der Waals surface area contributed by atoms with Gasteiger partial charge in [0, 0.05) is 50.1 Å². The quantitative estimate of drug-likeness (QED) is 0.186. The summed E-state index contributed by atoms with van der Waals surface area (Å²) in [6, 6.07) is 0.606. The van der Waals surface area contributed by atoms with E-state index in [4.69, 9.17) is 0 Å². The number of aryl methyl sites for hydroxylation is 1. The minimum atomic E-state index is 0. The molecule has 2 aliphatic rings. The van der Waals surface area contributed by atoms with Crippen LogP contribution in [0.4, 0.5) is 0 Å². The Balaban J connectivity index is 0.00000280. The molecule has 1 N–H and O–H groups in total. The first-order chi connectivity index (χ1) is 13.3. The Labute approximate surface area is 195 Å². The van der Waals surface area contributed by atoms with Crippen molar-refractivity contribution >= 4 is 53.5 Å². The summed E-state index contributed by atoms with van der Waals surface area (Å²) in [5.41, 5.74) is 0. The minimum Gasteiger partial charge on any atom is -0.356 e. The van der Waals surface area contributed by atoms with Crippen LogP contribution >= 0.6 is 47.5 Å². The number of nitrogens with one attached hydrogen (secondary N) is 1. The number of hydrogen-bond acceptors (Lipinski definition) is 5. The molecule has 1 aliphatic heterocycles. The van der Waals surface area contributed by atoms with Gasteiger partial charge in [-0.05, 0) is 31.9 Å². The lowest BCUT2D eigenvalue weighted by molar-refractivity contribution is 0.407. The van der Waals surface area contributed by atoms with Gasteiger partial charge in [-0.2, -0.15) is 11.8 Å². The molecule has 1 unspecified atom stereocenters. The minimum absolute atomic E-state index is 0. The highest BCUT2D eigenvalue weighted by Crippen LogP contribution is 2.33. The van der Waals surface area contributed by atoms with Crippen LogP contribution in [0.3, 0.4) is 0 Å². The number of rotatable bonds is 7. The van der Waals surface area contributed by atoms with Gasteiger partial charge >= 0.3 is 0 Å². The predicted octanol–water partition coefficient (Wildman–Crippen LogP) is 4.07. The molecule has 1 atom stereocenters. The van der Waals surface area contributed by atoms with E-state index in [1.54, 1.807) is 11.8 Å². The zero-order chi connectivity index (χ0) is 19.1. The van der Waals surface area contributed by atoms with E-state index >= 15 is 0 Å². The molecule has 2 heterocycles. The molecule has 0 bridgehead atoms. The number of halogens is 1. The lowest BCUT2D eigenvalue weighted by atomic mass is 10.2. The lowest BCUT2D eigenvalue weighted by Crippen LogP contribution is -2.48. The topological polar surface area (TPSA) is 58.3 Å². The van der Waals surface area contributed by atoms with E-state index in [1.165, 1.54) is 37.9 Å². The highest BCUT2D eigenvalue weighted by atomic mass is 127. The van der Waals surface area contributed by atoms with Crippen molar-refractivity contribution in [2.45, 2.75) is 68.3 Å². The molecule has 1 aromatic heterocycles. The second-order valence-electron chi connectivity index (χ2n) is 7.34. The number of thioether (sulfide) groups is 2. The van der Waals surface area contributed by atoms with E-state index in [9.17, 15) is 0 Å². The number of aliphatic imine (C=N–C) groups is 1. The molecule has 1 aromatic rings. The number of guanidine groups is 1. The molecule has 3 rings (SSSR count). The molecular formula is C19H35IN6S2. The van der Waals surface area contributed by atoms with Gasteiger partial charge in [0.2, 0.25) is 0 Å². The van der Waals surface area contributed by atoms with Crippen molar-refractivity contribution in [3.8, 4) is 0 Å². The summed E-state index contributed by atoms with van der Waals surface area (Å²) in [4.78, 5) is 6.92. The summed E-state index contributed by atoms with van der Waals surface area (Å²) in [6.07, 6.45) is 10.6. The summed E-state index contributed by atoms with van der Waals surface area (Å²) < 4.78 is 2.42. The number of aromatic nitrogens is 3. The van der Waals surface area contributed by atoms with Crippen molar-refractivity contribution in [1.82, 2.24) is 25.0 Å². The van der Waals surface area contributed by atoms with Crippen molar-refractivity contribution in [2.75, 3.05) is 38.7 Å². The Hall–Kier alpha value is -0.160. The van der Waals surface area contributed by atoms with Crippen molar-refractivity contribution < 1.29 is 0 Å². The van der Waals surface area contributed by atoms with Crippen LogP contribution < -0.4 is 5.32 Å². The van der Waals surface area contributed by atoms with Crippen LogP contribution in [0, 0.1) is 0 Å². The van der Waals surface area contributed by atoms with Crippen molar-refractivity contribution in [2.24, 2.45) is 4.99 Å². The van der Waals surface area contributed by atoms with Crippen LogP contribution in [0.15, 0.2) is 10.1 Å². The van der Waals surface area contributed by atoms with Gasteiger partial charge in [0.15, 0.2) is 11.1 Å². The molecule has 0 radical (unpaired) electrons. The molecule has 9 heteroatoms. The molecule has 2 fully saturated rings. The van der Waals surface area contributed by atoms with Crippen molar-refractivity contribution in [3.63, 3.8) is 0 Å². The smallest absolute Gasteiger partial charge is 0.193 e. The van der Waals surface area contributed by atoms with Gasteiger partial charge in [0.25, 0.3) is 0 Å². The highest BCUT2D eigenvalue weighted by molar-refractivity contribution is 14.0. The zero-order valence-electron chi connectivity index (χ0n) is 17.4. The van der Waals surface area contributed by atoms with Crippen LogP contribution in [0.25, 0.3) is 0 Å². The molecule has 1 saturated heterocycles. The molecule has 28 heavy (non-hydrogen) atoms. The third-order valence-corrected chi connectivity index (χ3v) is 7.59. The monoisotopic (exact) mass is 538 g/mol. The van der Waals surface area contributed by atoms with Crippen LogP contribution in [0.1, 0.15) is 57.3 Å². The van der Waals surface area contributed by atoms with Gasteiger partial charge in [-0.1, -0.05) is 31.5 Å². The summed E-state index contributed by atoms with van der Waals surface area (Å²) in [7, 11) is 1.90. The molecule has 160 valence electrons.